The average molecular weight is 649 g/mol. The number of rotatable bonds is 12. The van der Waals surface area contributed by atoms with E-state index < -0.39 is 30.0 Å². The smallest absolute Gasteiger partial charge is 0.324 e. The predicted molar refractivity (Wildman–Crippen MR) is 154 cm³/mol. The maximum atomic E-state index is 12.2. The zero-order valence-corrected chi connectivity index (χ0v) is 24.9. The Balaban J connectivity index is 1.68. The number of hydrogen-bond acceptors (Lipinski definition) is 16. The summed E-state index contributed by atoms with van der Waals surface area (Å²) in [7, 11) is -4.24. The van der Waals surface area contributed by atoms with Crippen LogP contribution < -0.4 is 29.6 Å². The zero-order valence-electron chi connectivity index (χ0n) is 23.3. The number of aromatic nitrogens is 6. The van der Waals surface area contributed by atoms with Gasteiger partial charge in [-0.2, -0.15) is 36.8 Å². The Morgan fingerprint density at radius 2 is 0.886 bits per heavy atom. The zero-order chi connectivity index (χ0) is 32.1. The van der Waals surface area contributed by atoms with Gasteiger partial charge in [0, 0.05) is 11.4 Å². The third-order valence-electron chi connectivity index (χ3n) is 5.46. The molecule has 4 aromatic rings. The molecule has 4 N–H and O–H groups in total. The Labute approximate surface area is 250 Å². The summed E-state index contributed by atoms with van der Waals surface area (Å²) in [4.78, 5) is 22.7. The second-order valence-corrected chi connectivity index (χ2v) is 11.1. The molecular weight excluding hydrogens is 624 g/mol. The van der Waals surface area contributed by atoms with Crippen LogP contribution >= 0.6 is 0 Å². The summed E-state index contributed by atoms with van der Waals surface area (Å²) in [6, 6.07) is 7.49. The highest BCUT2D eigenvalue weighted by Gasteiger charge is 2.19. The monoisotopic (exact) mass is 648 g/mol. The molecule has 2 aromatic heterocycles. The van der Waals surface area contributed by atoms with Gasteiger partial charge in [0.15, 0.2) is 0 Å². The summed E-state index contributed by atoms with van der Waals surface area (Å²) in [5.74, 6) is -0.0855. The first-order valence-corrected chi connectivity index (χ1v) is 14.8. The van der Waals surface area contributed by atoms with E-state index in [1.54, 1.807) is 0 Å². The maximum absolute atomic E-state index is 12.2. The largest absolute Gasteiger partial charge is 0.467 e. The first-order chi connectivity index (χ1) is 20.8. The van der Waals surface area contributed by atoms with Crippen LogP contribution in [0.5, 0.6) is 24.0 Å². The van der Waals surface area contributed by atoms with E-state index in [1.807, 2.05) is 0 Å². The van der Waals surface area contributed by atoms with Crippen molar-refractivity contribution >= 4 is 55.7 Å². The lowest BCUT2D eigenvalue weighted by Crippen LogP contribution is -2.06. The fraction of sp³-hybridized carbons (Fsp3) is 0.167. The van der Waals surface area contributed by atoms with Gasteiger partial charge in [-0.1, -0.05) is 24.3 Å². The molecule has 0 aliphatic rings. The van der Waals surface area contributed by atoms with Gasteiger partial charge in [0.25, 0.3) is 20.2 Å². The van der Waals surface area contributed by atoms with Gasteiger partial charge >= 0.3 is 24.0 Å². The second kappa shape index (κ2) is 13.0. The lowest BCUT2D eigenvalue weighted by atomic mass is 10.1. The molecule has 0 saturated heterocycles. The van der Waals surface area contributed by atoms with Crippen molar-refractivity contribution in [2.24, 2.45) is 0 Å². The summed E-state index contributed by atoms with van der Waals surface area (Å²) < 4.78 is 88.7. The van der Waals surface area contributed by atoms with E-state index in [-0.39, 0.29) is 58.4 Å². The highest BCUT2D eigenvalue weighted by Crippen LogP contribution is 2.28. The quantitative estimate of drug-likeness (QED) is 0.127. The van der Waals surface area contributed by atoms with E-state index in [0.29, 0.717) is 0 Å². The summed E-state index contributed by atoms with van der Waals surface area (Å²) >= 11 is 0. The third kappa shape index (κ3) is 7.80. The number of nitrogens with one attached hydrogen (secondary N) is 2. The Bertz CT molecular complexity index is 1760. The molecule has 0 unspecified atom stereocenters. The standard InChI is InChI=1S/C24H24N8O10S2/c1-39-21-27-19(28-22(31-21)40-2)25-15-9-7-13(17(11-15)43(33,34)35)5-6-14-8-10-16(12-18(14)44(36,37)38)26-20-29-23(41-3)32-24(30-20)42-4/h5-12H,1-4H3,(H,33,34,35)(H,36,37,38)(H,25,27,28,31)(H,26,29,30,32). The molecular formula is C24H24N8O10S2. The van der Waals surface area contributed by atoms with Crippen LogP contribution in [-0.2, 0) is 20.2 Å². The average Bonchev–Trinajstić information content (AvgIpc) is 2.99. The van der Waals surface area contributed by atoms with E-state index in [0.717, 1.165) is 12.1 Å². The van der Waals surface area contributed by atoms with E-state index in [1.165, 1.54) is 64.9 Å². The molecule has 44 heavy (non-hydrogen) atoms. The minimum absolute atomic E-state index is 0.0169. The summed E-state index contributed by atoms with van der Waals surface area (Å²) in [5, 5.41) is 5.53. The van der Waals surface area contributed by atoms with Crippen LogP contribution in [0.1, 0.15) is 11.1 Å². The Morgan fingerprint density at radius 1 is 0.568 bits per heavy atom. The number of nitrogens with zero attached hydrogens (tertiary/aromatic N) is 6. The van der Waals surface area contributed by atoms with E-state index in [9.17, 15) is 25.9 Å². The van der Waals surface area contributed by atoms with Crippen molar-refractivity contribution in [1.29, 1.82) is 0 Å². The molecule has 0 aliphatic heterocycles. The molecule has 0 radical (unpaired) electrons. The van der Waals surface area contributed by atoms with Crippen molar-refractivity contribution < 1.29 is 44.9 Å². The van der Waals surface area contributed by atoms with Crippen molar-refractivity contribution in [3.63, 3.8) is 0 Å². The lowest BCUT2D eigenvalue weighted by molar-refractivity contribution is 0.341. The second-order valence-electron chi connectivity index (χ2n) is 8.30. The fourth-order valence-electron chi connectivity index (χ4n) is 3.54. The normalized spacial score (nSPS) is 11.7. The van der Waals surface area contributed by atoms with E-state index in [2.05, 4.69) is 40.5 Å². The molecule has 4 rings (SSSR count). The van der Waals surface area contributed by atoms with Gasteiger partial charge in [0.1, 0.15) is 9.79 Å². The molecule has 0 bridgehead atoms. The summed E-state index contributed by atoms with van der Waals surface area (Å²) in [5.41, 5.74) is 0.282. The molecule has 0 fully saturated rings. The highest BCUT2D eigenvalue weighted by molar-refractivity contribution is 7.86. The number of benzene rings is 2. The predicted octanol–water partition coefficient (Wildman–Crippen LogP) is 2.24. The summed E-state index contributed by atoms with van der Waals surface area (Å²) in [6.07, 6.45) is 2.47. The van der Waals surface area contributed by atoms with Crippen molar-refractivity contribution in [2.75, 3.05) is 39.1 Å². The van der Waals surface area contributed by atoms with Crippen LogP contribution in [0.2, 0.25) is 0 Å². The van der Waals surface area contributed by atoms with E-state index >= 15 is 0 Å². The van der Waals surface area contributed by atoms with Gasteiger partial charge in [0.2, 0.25) is 11.9 Å². The molecule has 0 spiro atoms. The molecule has 0 aliphatic carbocycles. The van der Waals surface area contributed by atoms with Crippen molar-refractivity contribution in [3.05, 3.63) is 47.5 Å². The SMILES string of the molecule is COc1nc(Nc2ccc(C=Cc3ccc(Nc4nc(OC)nc(OC)n4)cc3S(=O)(=O)O)c(S(=O)(=O)O)c2)nc(OC)n1. The Hall–Kier alpha value is -5.18. The first-order valence-electron chi connectivity index (χ1n) is 12.0. The highest BCUT2D eigenvalue weighted by atomic mass is 32.2. The van der Waals surface area contributed by atoms with Crippen LogP contribution in [0.15, 0.2) is 46.2 Å². The third-order valence-corrected chi connectivity index (χ3v) is 7.28. The minimum Gasteiger partial charge on any atom is -0.467 e. The molecule has 0 saturated carbocycles. The maximum Gasteiger partial charge on any atom is 0.324 e. The van der Waals surface area contributed by atoms with Gasteiger partial charge in [-0.15, -0.1) is 9.97 Å². The van der Waals surface area contributed by atoms with Crippen LogP contribution in [0.3, 0.4) is 0 Å². The fourth-order valence-corrected chi connectivity index (χ4v) is 4.96. The first kappa shape index (κ1) is 31.7. The van der Waals surface area contributed by atoms with Crippen LogP contribution in [0.25, 0.3) is 12.2 Å². The van der Waals surface area contributed by atoms with Crippen molar-refractivity contribution in [2.45, 2.75) is 9.79 Å². The van der Waals surface area contributed by atoms with Gasteiger partial charge in [0.05, 0.1) is 28.4 Å². The molecule has 20 heteroatoms. The molecule has 0 amide bonds. The van der Waals surface area contributed by atoms with Gasteiger partial charge < -0.3 is 29.6 Å². The van der Waals surface area contributed by atoms with Crippen molar-refractivity contribution in [3.8, 4) is 24.0 Å². The molecule has 2 heterocycles. The number of hydrogen-bond donors (Lipinski definition) is 4. The molecule has 0 atom stereocenters. The summed E-state index contributed by atoms with van der Waals surface area (Å²) in [6.45, 7) is 0. The molecule has 18 nitrogen and oxygen atoms in total. The van der Waals surface area contributed by atoms with Crippen molar-refractivity contribution in [1.82, 2.24) is 29.9 Å². The topological polar surface area (TPSA) is 247 Å². The minimum atomic E-state index is -4.78. The number of anilines is 4. The van der Waals surface area contributed by atoms with E-state index in [4.69, 9.17) is 18.9 Å². The van der Waals surface area contributed by atoms with Crippen LogP contribution in [-0.4, -0.2) is 84.3 Å². The lowest BCUT2D eigenvalue weighted by Gasteiger charge is -2.11. The van der Waals surface area contributed by atoms with Gasteiger partial charge in [-0.25, -0.2) is 0 Å². The van der Waals surface area contributed by atoms with Gasteiger partial charge in [-0.05, 0) is 35.4 Å². The van der Waals surface area contributed by atoms with Crippen LogP contribution in [0, 0.1) is 0 Å². The number of methoxy groups -OCH3 is 4. The van der Waals surface area contributed by atoms with Gasteiger partial charge in [-0.3, -0.25) is 9.11 Å². The Morgan fingerprint density at radius 3 is 1.16 bits per heavy atom. The molecule has 2 aromatic carbocycles. The molecule has 232 valence electrons. The number of ether oxygens (including phenoxy) is 4. The van der Waals surface area contributed by atoms with Crippen LogP contribution in [0.4, 0.5) is 23.3 Å². The Kier molecular flexibility index (Phi) is 9.37.